The van der Waals surface area contributed by atoms with Gasteiger partial charge in [0.2, 0.25) is 5.95 Å². The zero-order valence-electron chi connectivity index (χ0n) is 9.77. The first kappa shape index (κ1) is 11.5. The van der Waals surface area contributed by atoms with Gasteiger partial charge in [0, 0.05) is 29.6 Å². The molecular weight excluding hydrogens is 248 g/mol. The smallest absolute Gasteiger partial charge is 0.213 e. The Morgan fingerprint density at radius 1 is 0.947 bits per heavy atom. The Labute approximate surface area is 107 Å². The minimum atomic E-state index is -0.564. The molecule has 19 heavy (non-hydrogen) atoms. The van der Waals surface area contributed by atoms with Crippen LogP contribution < -0.4 is 0 Å². The summed E-state index contributed by atoms with van der Waals surface area (Å²) in [4.78, 5) is 3.51. The summed E-state index contributed by atoms with van der Waals surface area (Å²) >= 11 is 0. The molecule has 0 amide bonds. The van der Waals surface area contributed by atoms with Gasteiger partial charge in [0.15, 0.2) is 0 Å². The highest BCUT2D eigenvalue weighted by Crippen LogP contribution is 2.29. The fourth-order valence-corrected chi connectivity index (χ4v) is 1.91. The van der Waals surface area contributed by atoms with Gasteiger partial charge in [-0.3, -0.25) is 5.10 Å². The molecule has 1 aromatic carbocycles. The molecule has 0 unspecified atom stereocenters. The molecule has 0 fully saturated rings. The number of pyridine rings is 1. The predicted octanol–water partition coefficient (Wildman–Crippen LogP) is 3.42. The van der Waals surface area contributed by atoms with Gasteiger partial charge in [-0.1, -0.05) is 12.1 Å². The average Bonchev–Trinajstić information content (AvgIpc) is 2.89. The van der Waals surface area contributed by atoms with E-state index in [0.717, 1.165) is 11.1 Å². The van der Waals surface area contributed by atoms with E-state index >= 15 is 0 Å². The zero-order chi connectivity index (χ0) is 13.2. The first-order valence-electron chi connectivity index (χ1n) is 5.66. The van der Waals surface area contributed by atoms with Gasteiger partial charge >= 0.3 is 0 Å². The minimum absolute atomic E-state index is 0.302. The maximum absolute atomic E-state index is 13.1. The molecule has 5 heteroatoms. The average molecular weight is 257 g/mol. The fraction of sp³-hybridized carbons (Fsp3) is 0. The second-order valence-electron chi connectivity index (χ2n) is 4.02. The lowest BCUT2D eigenvalue weighted by Crippen LogP contribution is -1.87. The van der Waals surface area contributed by atoms with Crippen LogP contribution in [0.5, 0.6) is 0 Å². The Morgan fingerprint density at radius 2 is 1.74 bits per heavy atom. The fourth-order valence-electron chi connectivity index (χ4n) is 1.91. The predicted molar refractivity (Wildman–Crippen MR) is 67.2 cm³/mol. The summed E-state index contributed by atoms with van der Waals surface area (Å²) in [5.74, 6) is -0.866. The van der Waals surface area contributed by atoms with Crippen molar-refractivity contribution < 1.29 is 8.78 Å². The molecule has 0 saturated heterocycles. The lowest BCUT2D eigenvalue weighted by atomic mass is 10.0. The van der Waals surface area contributed by atoms with E-state index in [0.29, 0.717) is 11.3 Å². The minimum Gasteiger partial charge on any atom is -0.284 e. The molecule has 0 aliphatic heterocycles. The van der Waals surface area contributed by atoms with E-state index in [9.17, 15) is 8.78 Å². The normalized spacial score (nSPS) is 10.6. The molecule has 0 saturated carbocycles. The molecule has 2 aromatic heterocycles. The molecule has 3 aromatic rings. The second kappa shape index (κ2) is 4.61. The summed E-state index contributed by atoms with van der Waals surface area (Å²) in [6.45, 7) is 0. The van der Waals surface area contributed by atoms with Gasteiger partial charge in [-0.05, 0) is 23.8 Å². The van der Waals surface area contributed by atoms with Gasteiger partial charge in [0.25, 0.3) is 0 Å². The van der Waals surface area contributed by atoms with Crippen molar-refractivity contribution in [1.82, 2.24) is 15.2 Å². The third-order valence-electron chi connectivity index (χ3n) is 2.80. The Kier molecular flexibility index (Phi) is 2.79. The number of halogens is 2. The quantitative estimate of drug-likeness (QED) is 0.715. The SMILES string of the molecule is Fc1ccc(-c2c[nH]nc2-c2ccnc(F)c2)cc1. The van der Waals surface area contributed by atoms with Gasteiger partial charge in [-0.15, -0.1) is 0 Å². The molecule has 3 nitrogen and oxygen atoms in total. The molecule has 94 valence electrons. The second-order valence-corrected chi connectivity index (χ2v) is 4.02. The molecule has 0 aliphatic carbocycles. The van der Waals surface area contributed by atoms with Crippen molar-refractivity contribution >= 4 is 0 Å². The maximum Gasteiger partial charge on any atom is 0.213 e. The van der Waals surface area contributed by atoms with Crippen molar-refractivity contribution in [2.24, 2.45) is 0 Å². The number of benzene rings is 1. The number of nitrogens with zero attached hydrogens (tertiary/aromatic N) is 2. The Hall–Kier alpha value is -2.56. The standard InChI is InChI=1S/C14H9F2N3/c15-11-3-1-9(2-4-11)12-8-18-19-14(12)10-5-6-17-13(16)7-10/h1-8H,(H,18,19). The number of hydrogen-bond acceptors (Lipinski definition) is 2. The molecule has 0 aliphatic rings. The topological polar surface area (TPSA) is 41.6 Å². The van der Waals surface area contributed by atoms with Crippen LogP contribution in [0.25, 0.3) is 22.4 Å². The van der Waals surface area contributed by atoms with Crippen LogP contribution in [0, 0.1) is 11.8 Å². The highest BCUT2D eigenvalue weighted by atomic mass is 19.1. The van der Waals surface area contributed by atoms with E-state index in [1.54, 1.807) is 24.4 Å². The van der Waals surface area contributed by atoms with Crippen molar-refractivity contribution in [2.45, 2.75) is 0 Å². The Bertz CT molecular complexity index is 705. The summed E-state index contributed by atoms with van der Waals surface area (Å²) in [6, 6.07) is 9.04. The van der Waals surface area contributed by atoms with Gasteiger partial charge < -0.3 is 0 Å². The summed E-state index contributed by atoms with van der Waals surface area (Å²) in [6.07, 6.45) is 3.08. The first-order chi connectivity index (χ1) is 9.24. The molecule has 0 atom stereocenters. The van der Waals surface area contributed by atoms with E-state index in [1.807, 2.05) is 0 Å². The summed E-state index contributed by atoms with van der Waals surface area (Å²) in [5.41, 5.74) is 2.81. The third-order valence-corrected chi connectivity index (χ3v) is 2.80. The Morgan fingerprint density at radius 3 is 2.47 bits per heavy atom. The van der Waals surface area contributed by atoms with Crippen LogP contribution in [0.2, 0.25) is 0 Å². The van der Waals surface area contributed by atoms with E-state index in [-0.39, 0.29) is 5.82 Å². The molecule has 0 bridgehead atoms. The number of aromatic amines is 1. The van der Waals surface area contributed by atoms with Crippen LogP contribution in [-0.4, -0.2) is 15.2 Å². The van der Waals surface area contributed by atoms with Crippen molar-refractivity contribution in [2.75, 3.05) is 0 Å². The van der Waals surface area contributed by atoms with E-state index < -0.39 is 5.95 Å². The highest BCUT2D eigenvalue weighted by molar-refractivity contribution is 5.79. The number of H-pyrrole nitrogens is 1. The van der Waals surface area contributed by atoms with Crippen LogP contribution in [0.3, 0.4) is 0 Å². The summed E-state index contributed by atoms with van der Waals surface area (Å²) < 4.78 is 26.1. The molecule has 1 N–H and O–H groups in total. The van der Waals surface area contributed by atoms with Crippen LogP contribution in [0.15, 0.2) is 48.8 Å². The van der Waals surface area contributed by atoms with E-state index in [4.69, 9.17) is 0 Å². The van der Waals surface area contributed by atoms with Crippen LogP contribution in [0.1, 0.15) is 0 Å². The van der Waals surface area contributed by atoms with Gasteiger partial charge in [0.1, 0.15) is 11.5 Å². The number of nitrogens with one attached hydrogen (secondary N) is 1. The van der Waals surface area contributed by atoms with Crippen molar-refractivity contribution in [3.8, 4) is 22.4 Å². The maximum atomic E-state index is 13.1. The summed E-state index contributed by atoms with van der Waals surface area (Å²) in [7, 11) is 0. The third kappa shape index (κ3) is 2.22. The zero-order valence-corrected chi connectivity index (χ0v) is 9.77. The lowest BCUT2D eigenvalue weighted by Gasteiger charge is -2.02. The molecule has 0 radical (unpaired) electrons. The highest BCUT2D eigenvalue weighted by Gasteiger charge is 2.11. The van der Waals surface area contributed by atoms with Crippen LogP contribution >= 0.6 is 0 Å². The molecule has 2 heterocycles. The molecular formula is C14H9F2N3. The van der Waals surface area contributed by atoms with Gasteiger partial charge in [-0.25, -0.2) is 9.37 Å². The van der Waals surface area contributed by atoms with Crippen molar-refractivity contribution in [3.05, 3.63) is 60.6 Å². The van der Waals surface area contributed by atoms with E-state index in [1.165, 1.54) is 24.4 Å². The number of hydrogen-bond donors (Lipinski definition) is 1. The largest absolute Gasteiger partial charge is 0.284 e. The summed E-state index contributed by atoms with van der Waals surface area (Å²) in [5, 5.41) is 6.86. The first-order valence-corrected chi connectivity index (χ1v) is 5.66. The van der Waals surface area contributed by atoms with Crippen LogP contribution in [-0.2, 0) is 0 Å². The van der Waals surface area contributed by atoms with Crippen molar-refractivity contribution in [3.63, 3.8) is 0 Å². The van der Waals surface area contributed by atoms with Crippen LogP contribution in [0.4, 0.5) is 8.78 Å². The number of rotatable bonds is 2. The van der Waals surface area contributed by atoms with E-state index in [2.05, 4.69) is 15.2 Å². The number of aromatic nitrogens is 3. The Balaban J connectivity index is 2.10. The monoisotopic (exact) mass is 257 g/mol. The molecule has 3 rings (SSSR count). The molecule has 0 spiro atoms. The van der Waals surface area contributed by atoms with Gasteiger partial charge in [-0.2, -0.15) is 9.49 Å². The van der Waals surface area contributed by atoms with Gasteiger partial charge in [0.05, 0.1) is 0 Å². The lowest BCUT2D eigenvalue weighted by molar-refractivity contribution is 0.584. The van der Waals surface area contributed by atoms with Crippen molar-refractivity contribution in [1.29, 1.82) is 0 Å².